The summed E-state index contributed by atoms with van der Waals surface area (Å²) >= 11 is 0. The van der Waals surface area contributed by atoms with Crippen LogP contribution in [0.15, 0.2) is 60.1 Å². The number of carbonyl (C=O) groups is 2. The molecule has 0 saturated heterocycles. The maximum Gasteiger partial charge on any atom is 0.335 e. The summed E-state index contributed by atoms with van der Waals surface area (Å²) in [6.45, 7) is 0.771. The Morgan fingerprint density at radius 3 is 2.57 bits per heavy atom. The first kappa shape index (κ1) is 18.2. The van der Waals surface area contributed by atoms with E-state index >= 15 is 0 Å². The standard InChI is InChI=1S/C21H21N3O4/c1-23-18-11-24(20(26)17(12-25)15-3-2-8-22-9-15)10-16(18)19(23)13-4-6-14(7-5-13)21(27)28/h2-9,17,19,25H,10-12H2,1H3,(H,27,28). The number of aromatic carboxylic acids is 1. The van der Waals surface area contributed by atoms with Gasteiger partial charge in [0, 0.05) is 31.7 Å². The lowest BCUT2D eigenvalue weighted by molar-refractivity contribution is -0.132. The van der Waals surface area contributed by atoms with Crippen LogP contribution in [0.3, 0.4) is 0 Å². The van der Waals surface area contributed by atoms with Gasteiger partial charge in [0.05, 0.1) is 30.7 Å². The fourth-order valence-corrected chi connectivity index (χ4v) is 4.06. The van der Waals surface area contributed by atoms with Crippen LogP contribution in [-0.4, -0.2) is 63.6 Å². The Labute approximate surface area is 162 Å². The number of pyridine rings is 1. The van der Waals surface area contributed by atoms with Crippen molar-refractivity contribution in [3.63, 3.8) is 0 Å². The summed E-state index contributed by atoms with van der Waals surface area (Å²) < 4.78 is 0. The third kappa shape index (κ3) is 2.93. The van der Waals surface area contributed by atoms with Crippen LogP contribution in [-0.2, 0) is 4.79 Å². The highest BCUT2D eigenvalue weighted by atomic mass is 16.4. The fourth-order valence-electron chi connectivity index (χ4n) is 4.06. The molecule has 1 amide bonds. The molecule has 2 aromatic rings. The van der Waals surface area contributed by atoms with Gasteiger partial charge in [-0.2, -0.15) is 0 Å². The number of carboxylic acid groups (broad SMARTS) is 1. The van der Waals surface area contributed by atoms with Crippen LogP contribution in [0.4, 0.5) is 0 Å². The van der Waals surface area contributed by atoms with Gasteiger partial charge in [0.25, 0.3) is 0 Å². The van der Waals surface area contributed by atoms with Gasteiger partial charge in [-0.1, -0.05) is 18.2 Å². The van der Waals surface area contributed by atoms with Gasteiger partial charge in [-0.3, -0.25) is 9.78 Å². The summed E-state index contributed by atoms with van der Waals surface area (Å²) in [5.41, 5.74) is 4.25. The average Bonchev–Trinajstić information content (AvgIpc) is 3.09. The predicted molar refractivity (Wildman–Crippen MR) is 102 cm³/mol. The van der Waals surface area contributed by atoms with E-state index < -0.39 is 11.9 Å². The molecule has 0 radical (unpaired) electrons. The van der Waals surface area contributed by atoms with Gasteiger partial charge >= 0.3 is 5.97 Å². The Morgan fingerprint density at radius 1 is 1.21 bits per heavy atom. The summed E-state index contributed by atoms with van der Waals surface area (Å²) in [6.07, 6.45) is 3.25. The molecule has 2 aliphatic rings. The molecule has 0 saturated carbocycles. The quantitative estimate of drug-likeness (QED) is 0.820. The first-order chi connectivity index (χ1) is 13.5. The lowest BCUT2D eigenvalue weighted by Crippen LogP contribution is -2.36. The first-order valence-electron chi connectivity index (χ1n) is 9.09. The number of benzene rings is 1. The molecule has 144 valence electrons. The minimum Gasteiger partial charge on any atom is -0.478 e. The van der Waals surface area contributed by atoms with Crippen molar-refractivity contribution in [2.24, 2.45) is 0 Å². The number of hydrogen-bond donors (Lipinski definition) is 2. The van der Waals surface area contributed by atoms with Gasteiger partial charge < -0.3 is 20.0 Å². The summed E-state index contributed by atoms with van der Waals surface area (Å²) in [5, 5.41) is 18.8. The Bertz CT molecular complexity index is 940. The minimum atomic E-state index is -0.948. The maximum atomic E-state index is 13.0. The highest BCUT2D eigenvalue weighted by Gasteiger charge is 2.43. The zero-order valence-corrected chi connectivity index (χ0v) is 15.4. The van der Waals surface area contributed by atoms with Crippen molar-refractivity contribution in [3.05, 3.63) is 76.8 Å². The van der Waals surface area contributed by atoms with Crippen LogP contribution in [0.5, 0.6) is 0 Å². The fraction of sp³-hybridized carbons (Fsp3) is 0.286. The number of aliphatic hydroxyl groups excluding tert-OH is 1. The zero-order valence-electron chi connectivity index (χ0n) is 15.4. The molecule has 3 heterocycles. The zero-order chi connectivity index (χ0) is 19.8. The Hall–Kier alpha value is -3.19. The van der Waals surface area contributed by atoms with Crippen molar-refractivity contribution in [1.82, 2.24) is 14.8 Å². The molecule has 2 aliphatic heterocycles. The molecule has 7 nitrogen and oxygen atoms in total. The number of aromatic nitrogens is 1. The number of amides is 1. The number of aliphatic hydroxyl groups is 1. The van der Waals surface area contributed by atoms with E-state index in [-0.39, 0.29) is 24.1 Å². The molecule has 1 aromatic heterocycles. The lowest BCUT2D eigenvalue weighted by Gasteiger charge is -2.41. The third-order valence-corrected chi connectivity index (χ3v) is 5.57. The van der Waals surface area contributed by atoms with E-state index in [0.29, 0.717) is 18.7 Å². The van der Waals surface area contributed by atoms with E-state index in [0.717, 1.165) is 11.3 Å². The Balaban J connectivity index is 1.50. The predicted octanol–water partition coefficient (Wildman–Crippen LogP) is 1.64. The highest BCUT2D eigenvalue weighted by Crippen LogP contribution is 2.45. The van der Waals surface area contributed by atoms with Crippen LogP contribution >= 0.6 is 0 Å². The van der Waals surface area contributed by atoms with Crippen molar-refractivity contribution in [1.29, 1.82) is 0 Å². The molecule has 7 heteroatoms. The molecular formula is C21H21N3O4. The van der Waals surface area contributed by atoms with Crippen molar-refractivity contribution >= 4 is 11.9 Å². The van der Waals surface area contributed by atoms with Crippen LogP contribution in [0, 0.1) is 0 Å². The van der Waals surface area contributed by atoms with Gasteiger partial charge in [0.2, 0.25) is 5.91 Å². The highest BCUT2D eigenvalue weighted by molar-refractivity contribution is 5.87. The van der Waals surface area contributed by atoms with Crippen LogP contribution in [0.2, 0.25) is 0 Å². The van der Waals surface area contributed by atoms with Crippen molar-refractivity contribution in [3.8, 4) is 0 Å². The molecule has 2 N–H and O–H groups in total. The van der Waals surface area contributed by atoms with Gasteiger partial charge in [-0.05, 0) is 34.9 Å². The first-order valence-corrected chi connectivity index (χ1v) is 9.09. The summed E-state index contributed by atoms with van der Waals surface area (Å²) in [7, 11) is 1.98. The molecule has 28 heavy (non-hydrogen) atoms. The number of carbonyl (C=O) groups excluding carboxylic acids is 1. The molecule has 0 spiro atoms. The van der Waals surface area contributed by atoms with Gasteiger partial charge in [0.1, 0.15) is 0 Å². The van der Waals surface area contributed by atoms with Crippen molar-refractivity contribution < 1.29 is 19.8 Å². The minimum absolute atomic E-state index is 0.0432. The Morgan fingerprint density at radius 2 is 1.96 bits per heavy atom. The van der Waals surface area contributed by atoms with Crippen molar-refractivity contribution in [2.75, 3.05) is 26.7 Å². The monoisotopic (exact) mass is 379 g/mol. The van der Waals surface area contributed by atoms with E-state index in [1.165, 1.54) is 5.57 Å². The topological polar surface area (TPSA) is 94.0 Å². The second-order valence-corrected chi connectivity index (χ2v) is 7.13. The molecular weight excluding hydrogens is 358 g/mol. The SMILES string of the molecule is CN1C2=C(CN(C(=O)C(CO)c3cccnc3)C2)C1c1ccc(C(=O)O)cc1. The smallest absolute Gasteiger partial charge is 0.335 e. The number of rotatable bonds is 5. The molecule has 0 bridgehead atoms. The maximum absolute atomic E-state index is 13.0. The molecule has 0 fully saturated rings. The summed E-state index contributed by atoms with van der Waals surface area (Å²) in [6, 6.07) is 10.5. The number of likely N-dealkylation sites (N-methyl/N-ethyl adjacent to an activating group) is 1. The molecule has 2 atom stereocenters. The molecule has 4 rings (SSSR count). The second-order valence-electron chi connectivity index (χ2n) is 7.13. The lowest BCUT2D eigenvalue weighted by atomic mass is 9.89. The number of nitrogens with zero attached hydrogens (tertiary/aromatic N) is 3. The third-order valence-electron chi connectivity index (χ3n) is 5.57. The van der Waals surface area contributed by atoms with Crippen molar-refractivity contribution in [2.45, 2.75) is 12.0 Å². The van der Waals surface area contributed by atoms with E-state index in [1.54, 1.807) is 41.6 Å². The van der Waals surface area contributed by atoms with Gasteiger partial charge in [-0.15, -0.1) is 0 Å². The normalized spacial score (nSPS) is 19.3. The van der Waals surface area contributed by atoms with E-state index in [1.807, 2.05) is 19.2 Å². The van der Waals surface area contributed by atoms with Crippen LogP contribution in [0.25, 0.3) is 0 Å². The second kappa shape index (κ2) is 7.09. The Kier molecular flexibility index (Phi) is 4.60. The molecule has 2 unspecified atom stereocenters. The largest absolute Gasteiger partial charge is 0.478 e. The van der Waals surface area contributed by atoms with E-state index in [4.69, 9.17) is 5.11 Å². The molecule has 1 aromatic carbocycles. The van der Waals surface area contributed by atoms with E-state index in [9.17, 15) is 14.7 Å². The summed E-state index contributed by atoms with van der Waals surface area (Å²) in [5.74, 6) is -1.68. The van der Waals surface area contributed by atoms with E-state index in [2.05, 4.69) is 9.88 Å². The number of hydrogen-bond acceptors (Lipinski definition) is 5. The molecule has 0 aliphatic carbocycles. The van der Waals surface area contributed by atoms with Crippen LogP contribution in [0.1, 0.15) is 33.4 Å². The average molecular weight is 379 g/mol. The van der Waals surface area contributed by atoms with Gasteiger partial charge in [0.15, 0.2) is 0 Å². The summed E-state index contributed by atoms with van der Waals surface area (Å²) in [4.78, 5) is 32.0. The van der Waals surface area contributed by atoms with Gasteiger partial charge in [-0.25, -0.2) is 4.79 Å². The number of carboxylic acids is 1. The van der Waals surface area contributed by atoms with Crippen LogP contribution < -0.4 is 0 Å².